The molecule has 7 nitrogen and oxygen atoms in total. The van der Waals surface area contributed by atoms with Crippen molar-refractivity contribution >= 4 is 17.4 Å². The van der Waals surface area contributed by atoms with E-state index in [4.69, 9.17) is 0 Å². The van der Waals surface area contributed by atoms with Gasteiger partial charge in [-0.2, -0.15) is 5.10 Å². The number of anilines is 2. The van der Waals surface area contributed by atoms with E-state index >= 15 is 0 Å². The van der Waals surface area contributed by atoms with E-state index in [1.807, 2.05) is 15.8 Å². The predicted molar refractivity (Wildman–Crippen MR) is 77.1 cm³/mol. The zero-order valence-corrected chi connectivity index (χ0v) is 11.6. The zero-order valence-electron chi connectivity index (χ0n) is 11.6. The van der Waals surface area contributed by atoms with Gasteiger partial charge in [-0.15, -0.1) is 0 Å². The summed E-state index contributed by atoms with van der Waals surface area (Å²) in [6.07, 6.45) is 10.5. The average molecular weight is 284 g/mol. The summed E-state index contributed by atoms with van der Waals surface area (Å²) >= 11 is 0. The Bertz CT molecular complexity index is 648. The van der Waals surface area contributed by atoms with E-state index in [9.17, 15) is 4.79 Å². The second-order valence-electron chi connectivity index (χ2n) is 5.45. The number of aromatic nitrogens is 4. The van der Waals surface area contributed by atoms with Gasteiger partial charge in [0.25, 0.3) is 0 Å². The van der Waals surface area contributed by atoms with Crippen molar-refractivity contribution in [1.82, 2.24) is 19.7 Å². The summed E-state index contributed by atoms with van der Waals surface area (Å²) in [5, 5.41) is 4.41. The van der Waals surface area contributed by atoms with Gasteiger partial charge in [-0.25, -0.2) is 4.98 Å². The van der Waals surface area contributed by atoms with Crippen LogP contribution in [0, 0.1) is 0 Å². The number of rotatable bonds is 3. The monoisotopic (exact) mass is 284 g/mol. The molecule has 2 aromatic heterocycles. The SMILES string of the molecule is O=C1CCCN1c1cnn(C2CN(c3cnccn3)C2)c1. The van der Waals surface area contributed by atoms with Crippen LogP contribution in [0.15, 0.2) is 31.0 Å². The topological polar surface area (TPSA) is 67.2 Å². The molecule has 7 heteroatoms. The lowest BCUT2D eigenvalue weighted by Crippen LogP contribution is -2.48. The van der Waals surface area contributed by atoms with Crippen LogP contribution in [0.5, 0.6) is 0 Å². The molecule has 2 aromatic rings. The van der Waals surface area contributed by atoms with Gasteiger partial charge in [-0.1, -0.05) is 0 Å². The molecular weight excluding hydrogens is 268 g/mol. The Labute approximate surface area is 122 Å². The van der Waals surface area contributed by atoms with Gasteiger partial charge in [0.1, 0.15) is 5.82 Å². The second kappa shape index (κ2) is 4.83. The van der Waals surface area contributed by atoms with Crippen LogP contribution in [-0.4, -0.2) is 45.3 Å². The maximum atomic E-state index is 11.7. The molecule has 108 valence electrons. The molecule has 4 heterocycles. The number of amides is 1. The Balaban J connectivity index is 1.43. The number of carbonyl (C=O) groups is 1. The molecule has 0 N–H and O–H groups in total. The van der Waals surface area contributed by atoms with Crippen LogP contribution in [0.2, 0.25) is 0 Å². The Morgan fingerprint density at radius 2 is 2.10 bits per heavy atom. The predicted octanol–water partition coefficient (Wildman–Crippen LogP) is 0.861. The van der Waals surface area contributed by atoms with Gasteiger partial charge in [0, 0.05) is 44.6 Å². The van der Waals surface area contributed by atoms with Gasteiger partial charge in [0.2, 0.25) is 5.91 Å². The molecule has 0 aromatic carbocycles. The number of carbonyl (C=O) groups excluding carboxylic acids is 1. The number of nitrogens with zero attached hydrogens (tertiary/aromatic N) is 6. The van der Waals surface area contributed by atoms with E-state index < -0.39 is 0 Å². The highest BCUT2D eigenvalue weighted by molar-refractivity contribution is 5.95. The van der Waals surface area contributed by atoms with Crippen molar-refractivity contribution < 1.29 is 4.79 Å². The van der Waals surface area contributed by atoms with Crippen LogP contribution in [0.3, 0.4) is 0 Å². The van der Waals surface area contributed by atoms with Crippen LogP contribution in [-0.2, 0) is 4.79 Å². The third-order valence-corrected chi connectivity index (χ3v) is 4.08. The largest absolute Gasteiger partial charge is 0.351 e. The fourth-order valence-electron chi connectivity index (χ4n) is 2.85. The van der Waals surface area contributed by atoms with E-state index in [1.165, 1.54) is 0 Å². The minimum absolute atomic E-state index is 0.198. The molecule has 0 atom stereocenters. The molecule has 2 aliphatic heterocycles. The Morgan fingerprint density at radius 1 is 1.19 bits per heavy atom. The van der Waals surface area contributed by atoms with Gasteiger partial charge < -0.3 is 9.80 Å². The molecule has 0 unspecified atom stereocenters. The fourth-order valence-corrected chi connectivity index (χ4v) is 2.85. The van der Waals surface area contributed by atoms with Crippen LogP contribution in [0.4, 0.5) is 11.5 Å². The summed E-state index contributed by atoms with van der Waals surface area (Å²) in [4.78, 5) is 24.1. The molecule has 4 rings (SSSR count). The smallest absolute Gasteiger partial charge is 0.227 e. The molecule has 2 saturated heterocycles. The summed E-state index contributed by atoms with van der Waals surface area (Å²) in [6, 6.07) is 0.332. The molecule has 0 radical (unpaired) electrons. The number of hydrogen-bond donors (Lipinski definition) is 0. The quantitative estimate of drug-likeness (QED) is 0.836. The molecular formula is C14H16N6O. The van der Waals surface area contributed by atoms with E-state index in [0.717, 1.165) is 37.6 Å². The van der Waals surface area contributed by atoms with E-state index in [-0.39, 0.29) is 5.91 Å². The van der Waals surface area contributed by atoms with E-state index in [2.05, 4.69) is 20.0 Å². The van der Waals surface area contributed by atoms with Crippen LogP contribution >= 0.6 is 0 Å². The first-order valence-corrected chi connectivity index (χ1v) is 7.17. The molecule has 2 aliphatic rings. The van der Waals surface area contributed by atoms with Crippen molar-refractivity contribution in [2.24, 2.45) is 0 Å². The summed E-state index contributed by atoms with van der Waals surface area (Å²) in [5.41, 5.74) is 0.912. The summed E-state index contributed by atoms with van der Waals surface area (Å²) < 4.78 is 1.95. The second-order valence-corrected chi connectivity index (χ2v) is 5.45. The fraction of sp³-hybridized carbons (Fsp3) is 0.429. The van der Waals surface area contributed by atoms with Crippen molar-refractivity contribution in [3.8, 4) is 0 Å². The molecule has 0 saturated carbocycles. The first-order chi connectivity index (χ1) is 10.3. The molecule has 0 spiro atoms. The Hall–Kier alpha value is -2.44. The van der Waals surface area contributed by atoms with Gasteiger partial charge in [0.15, 0.2) is 0 Å². The van der Waals surface area contributed by atoms with Crippen molar-refractivity contribution in [3.63, 3.8) is 0 Å². The van der Waals surface area contributed by atoms with Gasteiger partial charge in [-0.05, 0) is 6.42 Å². The summed E-state index contributed by atoms with van der Waals surface area (Å²) in [7, 11) is 0. The Morgan fingerprint density at radius 3 is 2.81 bits per heavy atom. The van der Waals surface area contributed by atoms with Crippen LogP contribution < -0.4 is 9.80 Å². The normalized spacial score (nSPS) is 19.1. The maximum absolute atomic E-state index is 11.7. The first-order valence-electron chi connectivity index (χ1n) is 7.17. The van der Waals surface area contributed by atoms with Crippen molar-refractivity contribution in [1.29, 1.82) is 0 Å². The Kier molecular flexibility index (Phi) is 2.83. The molecule has 0 aliphatic carbocycles. The molecule has 1 amide bonds. The first kappa shape index (κ1) is 12.3. The summed E-state index contributed by atoms with van der Waals surface area (Å²) in [6.45, 7) is 2.54. The lowest BCUT2D eigenvalue weighted by Gasteiger charge is -2.39. The average Bonchev–Trinajstić information content (AvgIpc) is 3.07. The van der Waals surface area contributed by atoms with Crippen LogP contribution in [0.1, 0.15) is 18.9 Å². The molecule has 0 bridgehead atoms. The highest BCUT2D eigenvalue weighted by Crippen LogP contribution is 2.27. The van der Waals surface area contributed by atoms with Crippen LogP contribution in [0.25, 0.3) is 0 Å². The lowest BCUT2D eigenvalue weighted by atomic mass is 10.1. The molecule has 2 fully saturated rings. The van der Waals surface area contributed by atoms with Gasteiger partial charge in [0.05, 0.1) is 24.1 Å². The minimum atomic E-state index is 0.198. The highest BCUT2D eigenvalue weighted by atomic mass is 16.2. The van der Waals surface area contributed by atoms with Gasteiger partial charge in [-0.3, -0.25) is 14.5 Å². The zero-order chi connectivity index (χ0) is 14.2. The molecule has 21 heavy (non-hydrogen) atoms. The number of hydrogen-bond acceptors (Lipinski definition) is 5. The van der Waals surface area contributed by atoms with Gasteiger partial charge >= 0.3 is 0 Å². The maximum Gasteiger partial charge on any atom is 0.227 e. The third-order valence-electron chi connectivity index (χ3n) is 4.08. The lowest BCUT2D eigenvalue weighted by molar-refractivity contribution is -0.117. The minimum Gasteiger partial charge on any atom is -0.351 e. The van der Waals surface area contributed by atoms with Crippen molar-refractivity contribution in [2.75, 3.05) is 29.4 Å². The van der Waals surface area contributed by atoms with E-state index in [0.29, 0.717) is 12.5 Å². The standard InChI is InChI=1S/C14H16N6O/c21-14-2-1-5-19(14)11-6-17-20(10-11)12-8-18(9-12)13-7-15-3-4-16-13/h3-4,6-7,10,12H,1-2,5,8-9H2. The van der Waals surface area contributed by atoms with Crippen molar-refractivity contribution in [3.05, 3.63) is 31.0 Å². The van der Waals surface area contributed by atoms with Crippen molar-refractivity contribution in [2.45, 2.75) is 18.9 Å². The third kappa shape index (κ3) is 2.14. The highest BCUT2D eigenvalue weighted by Gasteiger charge is 2.31. The van der Waals surface area contributed by atoms with E-state index in [1.54, 1.807) is 24.8 Å². The summed E-state index contributed by atoms with van der Waals surface area (Å²) in [5.74, 6) is 1.10.